The number of imide groups is 3. The highest BCUT2D eigenvalue weighted by molar-refractivity contribution is 6.22. The number of rotatable bonds is 14. The van der Waals surface area contributed by atoms with Crippen molar-refractivity contribution in [2.75, 3.05) is 26.9 Å². The fraction of sp³-hybridized carbons (Fsp3) is 0.611. The molecule has 0 radical (unpaired) electrons. The number of amides is 3. The molecule has 0 bridgehead atoms. The van der Waals surface area contributed by atoms with E-state index in [1.54, 1.807) is 13.8 Å². The molecule has 11 heteroatoms. The van der Waals surface area contributed by atoms with Crippen LogP contribution < -0.4 is 5.32 Å². The topological polar surface area (TPSA) is 144 Å². The Bertz CT molecular complexity index is 617. The van der Waals surface area contributed by atoms with Crippen molar-refractivity contribution in [2.45, 2.75) is 44.9 Å². The van der Waals surface area contributed by atoms with Crippen molar-refractivity contribution < 1.29 is 38.5 Å². The standard InChI is InChI=1S/C18H27N3O8/c1-12(2)28-18(29-14(10-23)13(9-22)27-3)8-20-11-19-7-6-17(26)21-15(24)4-5-16(21)25/h4-5,8-9,12-14,18-19,23H,6-7,10-11H2,1-3H3/b20-8-/t13?,14-,18-/m1/s1. The number of carbonyl (C=O) groups is 4. The van der Waals surface area contributed by atoms with Crippen molar-refractivity contribution in [1.29, 1.82) is 0 Å². The van der Waals surface area contributed by atoms with Crippen LogP contribution in [0.25, 0.3) is 0 Å². The SMILES string of the molecule is COC(C=O)[C@@H](CO)O[C@H](/C=N\CNCCC(=O)N1C(=O)C=CC1=O)OC(C)C. The van der Waals surface area contributed by atoms with Crippen LogP contribution in [-0.4, -0.2) is 91.8 Å². The normalized spacial score (nSPS) is 17.3. The van der Waals surface area contributed by atoms with Crippen molar-refractivity contribution in [2.24, 2.45) is 4.99 Å². The average Bonchev–Trinajstić information content (AvgIpc) is 3.01. The minimum absolute atomic E-state index is 0.0570. The lowest BCUT2D eigenvalue weighted by Crippen LogP contribution is -2.40. The van der Waals surface area contributed by atoms with Gasteiger partial charge in [-0.15, -0.1) is 0 Å². The van der Waals surface area contributed by atoms with Crippen LogP contribution in [0.15, 0.2) is 17.1 Å². The maximum atomic E-state index is 11.9. The fourth-order valence-electron chi connectivity index (χ4n) is 2.30. The van der Waals surface area contributed by atoms with Crippen LogP contribution in [0.2, 0.25) is 0 Å². The highest BCUT2D eigenvalue weighted by Gasteiger charge is 2.29. The van der Waals surface area contributed by atoms with Crippen molar-refractivity contribution in [3.63, 3.8) is 0 Å². The summed E-state index contributed by atoms with van der Waals surface area (Å²) in [6.45, 7) is 3.42. The lowest BCUT2D eigenvalue weighted by molar-refractivity contribution is -0.182. The summed E-state index contributed by atoms with van der Waals surface area (Å²) in [6, 6.07) is 0. The Hall–Kier alpha value is -2.31. The van der Waals surface area contributed by atoms with Crippen LogP contribution in [0.1, 0.15) is 20.3 Å². The first-order valence-electron chi connectivity index (χ1n) is 9.03. The van der Waals surface area contributed by atoms with Crippen LogP contribution >= 0.6 is 0 Å². The minimum atomic E-state index is -0.957. The molecule has 0 aromatic rings. The number of aliphatic hydroxyl groups excluding tert-OH is 1. The molecule has 3 amide bonds. The summed E-state index contributed by atoms with van der Waals surface area (Å²) in [5.74, 6) is -1.89. The predicted octanol–water partition coefficient (Wildman–Crippen LogP) is -1.21. The Morgan fingerprint density at radius 1 is 1.28 bits per heavy atom. The predicted molar refractivity (Wildman–Crippen MR) is 101 cm³/mol. The molecule has 1 unspecified atom stereocenters. The van der Waals surface area contributed by atoms with Gasteiger partial charge in [0.25, 0.3) is 11.8 Å². The maximum absolute atomic E-state index is 11.9. The molecular formula is C18H27N3O8. The first-order valence-corrected chi connectivity index (χ1v) is 9.03. The Morgan fingerprint density at radius 2 is 1.93 bits per heavy atom. The van der Waals surface area contributed by atoms with Gasteiger partial charge in [-0.3, -0.25) is 24.7 Å². The maximum Gasteiger partial charge on any atom is 0.260 e. The minimum Gasteiger partial charge on any atom is -0.394 e. The molecule has 11 nitrogen and oxygen atoms in total. The van der Waals surface area contributed by atoms with E-state index in [0.29, 0.717) is 11.2 Å². The molecule has 1 heterocycles. The molecule has 2 N–H and O–H groups in total. The third kappa shape index (κ3) is 8.30. The molecule has 0 saturated carbocycles. The molecule has 1 aliphatic heterocycles. The second-order valence-corrected chi connectivity index (χ2v) is 6.23. The summed E-state index contributed by atoms with van der Waals surface area (Å²) in [7, 11) is 1.32. The van der Waals surface area contributed by atoms with Gasteiger partial charge in [-0.05, 0) is 13.8 Å². The molecule has 0 aromatic heterocycles. The van der Waals surface area contributed by atoms with E-state index in [2.05, 4.69) is 10.3 Å². The van der Waals surface area contributed by atoms with Gasteiger partial charge in [-0.25, -0.2) is 4.90 Å². The summed E-state index contributed by atoms with van der Waals surface area (Å²) in [5, 5.41) is 12.3. The Kier molecular flexibility index (Phi) is 11.1. The van der Waals surface area contributed by atoms with E-state index < -0.39 is 42.8 Å². The van der Waals surface area contributed by atoms with Gasteiger partial charge in [0, 0.05) is 32.2 Å². The first kappa shape index (κ1) is 24.7. The van der Waals surface area contributed by atoms with Crippen molar-refractivity contribution in [3.05, 3.63) is 12.2 Å². The first-order chi connectivity index (χ1) is 13.8. The number of hydrogen-bond donors (Lipinski definition) is 2. The van der Waals surface area contributed by atoms with Gasteiger partial charge in [-0.1, -0.05) is 0 Å². The van der Waals surface area contributed by atoms with Gasteiger partial charge in [0.1, 0.15) is 12.2 Å². The zero-order valence-electron chi connectivity index (χ0n) is 16.6. The lowest BCUT2D eigenvalue weighted by atomic mass is 10.2. The van der Waals surface area contributed by atoms with Gasteiger partial charge in [0.15, 0.2) is 12.6 Å². The number of methoxy groups -OCH3 is 1. The van der Waals surface area contributed by atoms with E-state index in [0.717, 1.165) is 12.2 Å². The summed E-state index contributed by atoms with van der Waals surface area (Å²) >= 11 is 0. The average molecular weight is 413 g/mol. The van der Waals surface area contributed by atoms with Gasteiger partial charge in [0.05, 0.1) is 25.6 Å². The second kappa shape index (κ2) is 13.0. The summed E-state index contributed by atoms with van der Waals surface area (Å²) in [4.78, 5) is 50.3. The molecule has 0 saturated heterocycles. The van der Waals surface area contributed by atoms with Crippen molar-refractivity contribution >= 4 is 30.2 Å². The number of aliphatic hydroxyl groups is 1. The smallest absolute Gasteiger partial charge is 0.260 e. The van der Waals surface area contributed by atoms with Crippen LogP contribution in [-0.2, 0) is 33.4 Å². The number of nitrogens with zero attached hydrogens (tertiary/aromatic N) is 2. The van der Waals surface area contributed by atoms with Crippen molar-refractivity contribution in [3.8, 4) is 0 Å². The van der Waals surface area contributed by atoms with Gasteiger partial charge >= 0.3 is 0 Å². The quantitative estimate of drug-likeness (QED) is 0.118. The van der Waals surface area contributed by atoms with E-state index in [9.17, 15) is 24.3 Å². The fourth-order valence-corrected chi connectivity index (χ4v) is 2.30. The van der Waals surface area contributed by atoms with Gasteiger partial charge < -0.3 is 24.1 Å². The third-order valence-corrected chi connectivity index (χ3v) is 3.67. The van der Waals surface area contributed by atoms with Crippen LogP contribution in [0.3, 0.4) is 0 Å². The molecule has 1 rings (SSSR count). The summed E-state index contributed by atoms with van der Waals surface area (Å²) in [5.41, 5.74) is 0. The van der Waals surface area contributed by atoms with E-state index in [1.807, 2.05) is 0 Å². The molecule has 0 aliphatic carbocycles. The molecule has 0 aromatic carbocycles. The monoisotopic (exact) mass is 413 g/mol. The Morgan fingerprint density at radius 3 is 2.45 bits per heavy atom. The summed E-state index contributed by atoms with van der Waals surface area (Å²) in [6.07, 6.45) is 0.885. The van der Waals surface area contributed by atoms with E-state index in [1.165, 1.54) is 13.3 Å². The zero-order chi connectivity index (χ0) is 21.8. The number of carbonyl (C=O) groups excluding carboxylic acids is 4. The molecule has 0 spiro atoms. The highest BCUT2D eigenvalue weighted by Crippen LogP contribution is 2.08. The molecule has 1 aliphatic rings. The van der Waals surface area contributed by atoms with Gasteiger partial charge in [-0.2, -0.15) is 0 Å². The Balaban J connectivity index is 2.45. The molecule has 29 heavy (non-hydrogen) atoms. The third-order valence-electron chi connectivity index (χ3n) is 3.67. The van der Waals surface area contributed by atoms with Crippen LogP contribution in [0.5, 0.6) is 0 Å². The molecule has 3 atom stereocenters. The highest BCUT2D eigenvalue weighted by atomic mass is 16.7. The Labute approximate surface area is 168 Å². The number of nitrogens with one attached hydrogen (secondary N) is 1. The summed E-state index contributed by atoms with van der Waals surface area (Å²) < 4.78 is 16.0. The van der Waals surface area contributed by atoms with E-state index >= 15 is 0 Å². The number of aliphatic imine (C=N–C) groups is 1. The van der Waals surface area contributed by atoms with E-state index in [4.69, 9.17) is 14.2 Å². The lowest BCUT2D eigenvalue weighted by Gasteiger charge is -2.25. The molecule has 162 valence electrons. The number of aldehydes is 1. The largest absolute Gasteiger partial charge is 0.394 e. The number of ether oxygens (including phenoxy) is 3. The second-order valence-electron chi connectivity index (χ2n) is 6.23. The van der Waals surface area contributed by atoms with Crippen molar-refractivity contribution in [1.82, 2.24) is 10.2 Å². The number of hydrogen-bond acceptors (Lipinski definition) is 10. The molecule has 0 fully saturated rings. The van der Waals surface area contributed by atoms with Crippen LogP contribution in [0.4, 0.5) is 0 Å². The zero-order valence-corrected chi connectivity index (χ0v) is 16.6. The molecular weight excluding hydrogens is 386 g/mol. The van der Waals surface area contributed by atoms with E-state index in [-0.39, 0.29) is 25.7 Å². The van der Waals surface area contributed by atoms with Gasteiger partial charge in [0.2, 0.25) is 5.91 Å². The van der Waals surface area contributed by atoms with Crippen LogP contribution in [0, 0.1) is 0 Å².